The number of H-pyrrole nitrogens is 3. The largest absolute Gasteiger partial charge is 0.368 e. The van der Waals surface area contributed by atoms with E-state index in [1.807, 2.05) is 24.5 Å². The molecular formula is C31H55B2Cl3FeN3. The van der Waals surface area contributed by atoms with Crippen molar-refractivity contribution < 1.29 is 11.2 Å². The first kappa shape index (κ1) is 43.8. The summed E-state index contributed by atoms with van der Waals surface area (Å²) in [6, 6.07) is 12.6. The van der Waals surface area contributed by atoms with Crippen molar-refractivity contribution in [3.05, 3.63) is 60.2 Å². The van der Waals surface area contributed by atoms with Crippen LogP contribution in [0.1, 0.15) is 116 Å². The van der Waals surface area contributed by atoms with E-state index in [1.54, 1.807) is 0 Å². The molecule has 40 heavy (non-hydrogen) atoms. The van der Waals surface area contributed by atoms with Gasteiger partial charge >= 0.3 is 41.5 Å². The normalized spacial score (nSPS) is 10.4. The minimum absolute atomic E-state index is 0.690. The Balaban J connectivity index is -0.000000536. The summed E-state index contributed by atoms with van der Waals surface area (Å²) in [6.07, 6.45) is 18.7. The molecule has 3 rings (SSSR count). The maximum absolute atomic E-state index is 4.89. The SMILES string of the molecule is CCCCC(CCC)c1ccc(-c2ccc(C)[nH]2)[nH]1.CCCCCCCC.[B]C.[B]C.[Cl][Fe]([Cl])[Cl].c1cc[nH]c1. The molecule has 0 fully saturated rings. The fraction of sp³-hybridized carbons (Fsp3) is 0.613. The van der Waals surface area contributed by atoms with E-state index in [0.29, 0.717) is 5.92 Å². The quantitative estimate of drug-likeness (QED) is 0.129. The molecule has 0 amide bonds. The maximum Gasteiger partial charge on any atom is 0.000496 e. The van der Waals surface area contributed by atoms with E-state index in [4.69, 9.17) is 30.3 Å². The average molecular weight is 654 g/mol. The molecule has 0 aliphatic rings. The molecule has 3 nitrogen and oxygen atoms in total. The second-order valence-corrected chi connectivity index (χ2v) is 14.4. The summed E-state index contributed by atoms with van der Waals surface area (Å²) in [7, 11) is 23.7. The monoisotopic (exact) mass is 652 g/mol. The number of unbranched alkanes of at least 4 members (excludes halogenated alkanes) is 6. The molecule has 1 unspecified atom stereocenters. The van der Waals surface area contributed by atoms with Gasteiger partial charge in [-0.05, 0) is 62.1 Å². The summed E-state index contributed by atoms with van der Waals surface area (Å²) in [5.74, 6) is 0.690. The number of hydrogen-bond donors (Lipinski definition) is 3. The Morgan fingerprint density at radius 1 is 0.650 bits per heavy atom. The number of hydrogen-bond acceptors (Lipinski definition) is 0. The zero-order valence-corrected chi connectivity index (χ0v) is 29.5. The van der Waals surface area contributed by atoms with Gasteiger partial charge in [0.15, 0.2) is 0 Å². The van der Waals surface area contributed by atoms with Gasteiger partial charge in [-0.15, -0.1) is 0 Å². The van der Waals surface area contributed by atoms with E-state index in [0.717, 1.165) is 0 Å². The van der Waals surface area contributed by atoms with Crippen LogP contribution in [-0.2, 0) is 11.2 Å². The first-order valence-electron chi connectivity index (χ1n) is 14.6. The number of aromatic nitrogens is 3. The van der Waals surface area contributed by atoms with Crippen molar-refractivity contribution in [3.63, 3.8) is 0 Å². The van der Waals surface area contributed by atoms with Crippen LogP contribution in [0.5, 0.6) is 0 Å². The Bertz CT molecular complexity index is 802. The molecule has 0 bridgehead atoms. The van der Waals surface area contributed by atoms with Gasteiger partial charge in [-0.1, -0.05) is 99.1 Å². The van der Waals surface area contributed by atoms with Crippen LogP contribution in [0.15, 0.2) is 48.8 Å². The van der Waals surface area contributed by atoms with E-state index in [-0.39, 0.29) is 0 Å². The minimum atomic E-state index is -1.33. The van der Waals surface area contributed by atoms with Gasteiger partial charge in [0.2, 0.25) is 0 Å². The van der Waals surface area contributed by atoms with Gasteiger partial charge in [-0.2, -0.15) is 0 Å². The van der Waals surface area contributed by atoms with Crippen LogP contribution < -0.4 is 0 Å². The molecule has 3 aromatic heterocycles. The van der Waals surface area contributed by atoms with Crippen molar-refractivity contribution in [2.24, 2.45) is 0 Å². The fourth-order valence-electron chi connectivity index (χ4n) is 3.85. The van der Waals surface area contributed by atoms with Crippen LogP contribution in [0, 0.1) is 6.92 Å². The molecule has 3 aromatic rings. The van der Waals surface area contributed by atoms with Gasteiger partial charge in [0.25, 0.3) is 0 Å². The van der Waals surface area contributed by atoms with E-state index in [1.165, 1.54) is 107 Å². The Labute approximate surface area is 267 Å². The molecule has 0 aliphatic carbocycles. The van der Waals surface area contributed by atoms with Crippen LogP contribution in [0.2, 0.25) is 13.6 Å². The van der Waals surface area contributed by atoms with Crippen molar-refractivity contribution in [1.82, 2.24) is 15.0 Å². The average Bonchev–Trinajstić information content (AvgIpc) is 3.76. The van der Waals surface area contributed by atoms with E-state index < -0.39 is 11.2 Å². The topological polar surface area (TPSA) is 47.4 Å². The Kier molecular flexibility index (Phi) is 37.9. The van der Waals surface area contributed by atoms with Crippen molar-refractivity contribution in [2.45, 2.75) is 125 Å². The zero-order valence-electron chi connectivity index (χ0n) is 26.1. The van der Waals surface area contributed by atoms with E-state index in [9.17, 15) is 0 Å². The van der Waals surface area contributed by atoms with E-state index in [2.05, 4.69) is 89.5 Å². The minimum Gasteiger partial charge on any atom is -0.368 e. The van der Waals surface area contributed by atoms with Crippen LogP contribution in [-0.4, -0.2) is 30.6 Å². The summed E-state index contributed by atoms with van der Waals surface area (Å²) in [5.41, 5.74) is 5.01. The van der Waals surface area contributed by atoms with Crippen molar-refractivity contribution >= 4 is 46.0 Å². The second-order valence-electron chi connectivity index (χ2n) is 8.96. The van der Waals surface area contributed by atoms with Gasteiger partial charge in [0.1, 0.15) is 0 Å². The Hall–Kier alpha value is -0.641. The smallest absolute Gasteiger partial charge is 0.000496 e. The molecule has 0 aromatic carbocycles. The first-order valence-corrected chi connectivity index (χ1v) is 19.2. The molecule has 3 heterocycles. The van der Waals surface area contributed by atoms with Gasteiger partial charge in [0.05, 0.1) is 27.1 Å². The van der Waals surface area contributed by atoms with E-state index >= 15 is 0 Å². The second kappa shape index (κ2) is 34.6. The summed E-state index contributed by atoms with van der Waals surface area (Å²) >= 11 is -1.33. The number of nitrogens with one attached hydrogen (secondary N) is 3. The third-order valence-corrected chi connectivity index (χ3v) is 5.77. The van der Waals surface area contributed by atoms with Gasteiger partial charge in [0, 0.05) is 23.8 Å². The predicted octanol–water partition coefficient (Wildman–Crippen LogP) is 12.2. The predicted molar refractivity (Wildman–Crippen MR) is 183 cm³/mol. The van der Waals surface area contributed by atoms with Crippen molar-refractivity contribution in [3.8, 4) is 11.4 Å². The summed E-state index contributed by atoms with van der Waals surface area (Å²) in [5, 5.41) is 0. The standard InChI is InChI=1S/C17H26N2.C8H18.C4H5N.2CH3B.3ClH.Fe/c1-4-6-8-14(7-5-2)15-11-12-17(19-15)16-10-9-13(3)18-16;1-3-5-7-8-6-4-2;1-2-4-5-3-1;2*1-2;;;;/h9-12,14,18-19H,4-8H2,1-3H3;3-8H2,1-2H3;1-5H;2*1H3;3*1H;/q;;;;;;;;+3/p-3. The Morgan fingerprint density at radius 2 is 1.12 bits per heavy atom. The third-order valence-electron chi connectivity index (χ3n) is 5.77. The summed E-state index contributed by atoms with van der Waals surface area (Å²) < 4.78 is 0. The Morgan fingerprint density at radius 3 is 1.50 bits per heavy atom. The van der Waals surface area contributed by atoms with Crippen LogP contribution in [0.4, 0.5) is 0 Å². The molecule has 4 radical (unpaired) electrons. The van der Waals surface area contributed by atoms with Crippen LogP contribution in [0.3, 0.4) is 0 Å². The zero-order chi connectivity index (χ0) is 31.0. The molecule has 0 saturated heterocycles. The van der Waals surface area contributed by atoms with Crippen molar-refractivity contribution in [2.75, 3.05) is 0 Å². The van der Waals surface area contributed by atoms with Crippen LogP contribution in [0.25, 0.3) is 11.4 Å². The molecular weight excluding hydrogens is 598 g/mol. The van der Waals surface area contributed by atoms with Crippen molar-refractivity contribution in [1.29, 1.82) is 0 Å². The molecule has 0 saturated carbocycles. The molecule has 0 spiro atoms. The van der Waals surface area contributed by atoms with Gasteiger partial charge in [-0.3, -0.25) is 0 Å². The third kappa shape index (κ3) is 27.5. The fourth-order valence-corrected chi connectivity index (χ4v) is 3.85. The molecule has 3 N–H and O–H groups in total. The summed E-state index contributed by atoms with van der Waals surface area (Å²) in [6.45, 7) is 14.1. The van der Waals surface area contributed by atoms with Gasteiger partial charge in [-0.25, -0.2) is 0 Å². The molecule has 0 aliphatic heterocycles. The van der Waals surface area contributed by atoms with Gasteiger partial charge < -0.3 is 15.0 Å². The molecule has 229 valence electrons. The van der Waals surface area contributed by atoms with Crippen LogP contribution >= 0.6 is 30.3 Å². The molecule has 9 heteroatoms. The summed E-state index contributed by atoms with van der Waals surface area (Å²) in [4.78, 5) is 9.85. The number of aryl methyl sites for hydroxylation is 1. The maximum atomic E-state index is 4.89. The number of rotatable bonds is 12. The number of halogens is 3. The number of aromatic amines is 3. The first-order chi connectivity index (χ1) is 19.4. The molecule has 1 atom stereocenters.